The topological polar surface area (TPSA) is 101 Å². The molecule has 112 valence electrons. The van der Waals surface area contributed by atoms with Crippen molar-refractivity contribution in [3.63, 3.8) is 0 Å². The molecule has 1 aromatic carbocycles. The summed E-state index contributed by atoms with van der Waals surface area (Å²) < 4.78 is 36.8. The third-order valence-electron chi connectivity index (χ3n) is 3.31. The molecule has 0 aromatic heterocycles. The van der Waals surface area contributed by atoms with Crippen LogP contribution in [0.15, 0.2) is 18.2 Å². The van der Waals surface area contributed by atoms with Crippen molar-refractivity contribution < 1.29 is 27.6 Å². The summed E-state index contributed by atoms with van der Waals surface area (Å²) in [5, 5.41) is 7.99. The van der Waals surface area contributed by atoms with Gasteiger partial charge in [0.05, 0.1) is 7.11 Å². The fourth-order valence-electron chi connectivity index (χ4n) is 2.25. The average Bonchev–Trinajstić information content (AvgIpc) is 2.37. The minimum atomic E-state index is -4.62. The predicted octanol–water partition coefficient (Wildman–Crippen LogP) is 1.62. The molecule has 0 saturated heterocycles. The van der Waals surface area contributed by atoms with Crippen LogP contribution >= 0.6 is 0 Å². The average molecular weight is 302 g/mol. The first-order chi connectivity index (χ1) is 9.23. The Kier molecular flexibility index (Phi) is 5.13. The van der Waals surface area contributed by atoms with Gasteiger partial charge in [-0.15, -0.1) is 0 Å². The standard InChI is InChI=1S/C13H18O6S/c1-4-9(10-6-5-7-11(14)8(10)2)12(13(15)19-3)20(16,17)18/h5-7,9,12,14H,4H2,1-3H3,(H,16,17,18). The second kappa shape index (κ2) is 6.23. The highest BCUT2D eigenvalue weighted by Crippen LogP contribution is 2.33. The smallest absolute Gasteiger partial charge is 0.327 e. The fourth-order valence-corrected chi connectivity index (χ4v) is 3.34. The normalized spacial score (nSPS) is 14.6. The van der Waals surface area contributed by atoms with Crippen molar-refractivity contribution in [2.75, 3.05) is 7.11 Å². The number of hydrogen-bond donors (Lipinski definition) is 2. The molecule has 2 N–H and O–H groups in total. The SMILES string of the molecule is CCC(c1cccc(O)c1C)C(C(=O)OC)S(=O)(=O)O. The number of methoxy groups -OCH3 is 1. The van der Waals surface area contributed by atoms with Gasteiger partial charge in [-0.2, -0.15) is 8.42 Å². The molecule has 2 atom stereocenters. The van der Waals surface area contributed by atoms with Crippen LogP contribution < -0.4 is 0 Å². The summed E-state index contributed by atoms with van der Waals surface area (Å²) in [7, 11) is -3.56. The van der Waals surface area contributed by atoms with Crippen LogP contribution in [0.4, 0.5) is 0 Å². The highest BCUT2D eigenvalue weighted by Gasteiger charge is 2.40. The number of phenolic OH excluding ortho intramolecular Hbond substituents is 1. The van der Waals surface area contributed by atoms with E-state index in [1.54, 1.807) is 26.0 Å². The Morgan fingerprint density at radius 3 is 2.45 bits per heavy atom. The third kappa shape index (κ3) is 3.29. The Labute approximate surface area is 118 Å². The fraction of sp³-hybridized carbons (Fsp3) is 0.462. The van der Waals surface area contributed by atoms with Crippen LogP contribution in [0, 0.1) is 6.92 Å². The van der Waals surface area contributed by atoms with E-state index in [0.717, 1.165) is 7.11 Å². The summed E-state index contributed by atoms with van der Waals surface area (Å²) in [6.45, 7) is 3.31. The van der Waals surface area contributed by atoms with E-state index < -0.39 is 27.3 Å². The van der Waals surface area contributed by atoms with E-state index in [-0.39, 0.29) is 12.2 Å². The Morgan fingerprint density at radius 1 is 1.40 bits per heavy atom. The summed E-state index contributed by atoms with van der Waals surface area (Å²) in [6, 6.07) is 4.63. The van der Waals surface area contributed by atoms with Crippen LogP contribution in [0.25, 0.3) is 0 Å². The molecule has 0 radical (unpaired) electrons. The zero-order valence-corrected chi connectivity index (χ0v) is 12.3. The van der Waals surface area contributed by atoms with Gasteiger partial charge in [-0.25, -0.2) is 0 Å². The second-order valence-electron chi connectivity index (χ2n) is 4.46. The molecule has 0 aliphatic heterocycles. The summed E-state index contributed by atoms with van der Waals surface area (Å²) in [6.07, 6.45) is 0.282. The lowest BCUT2D eigenvalue weighted by molar-refractivity contribution is -0.140. The molecule has 6 nitrogen and oxygen atoms in total. The highest BCUT2D eigenvalue weighted by atomic mass is 32.2. The Morgan fingerprint density at radius 2 is 2.00 bits per heavy atom. The van der Waals surface area contributed by atoms with Crippen LogP contribution in [-0.2, 0) is 19.6 Å². The van der Waals surface area contributed by atoms with E-state index in [0.29, 0.717) is 11.1 Å². The maximum absolute atomic E-state index is 11.7. The summed E-state index contributed by atoms with van der Waals surface area (Å²) >= 11 is 0. The molecule has 0 bridgehead atoms. The minimum absolute atomic E-state index is 0.0000893. The minimum Gasteiger partial charge on any atom is -0.508 e. The van der Waals surface area contributed by atoms with Crippen molar-refractivity contribution in [1.29, 1.82) is 0 Å². The molecule has 0 saturated carbocycles. The molecule has 2 unspecified atom stereocenters. The number of ether oxygens (including phenoxy) is 1. The van der Waals surface area contributed by atoms with Crippen LogP contribution in [0.1, 0.15) is 30.4 Å². The van der Waals surface area contributed by atoms with Gasteiger partial charge in [-0.05, 0) is 30.5 Å². The number of carbonyl (C=O) groups is 1. The van der Waals surface area contributed by atoms with Gasteiger partial charge < -0.3 is 9.84 Å². The zero-order valence-electron chi connectivity index (χ0n) is 11.5. The van der Waals surface area contributed by atoms with Crippen molar-refractivity contribution in [1.82, 2.24) is 0 Å². The zero-order chi connectivity index (χ0) is 15.5. The number of rotatable bonds is 5. The third-order valence-corrected chi connectivity index (χ3v) is 4.47. The molecule has 0 fully saturated rings. The van der Waals surface area contributed by atoms with Gasteiger partial charge in [0.15, 0.2) is 5.25 Å². The lowest BCUT2D eigenvalue weighted by Gasteiger charge is -2.23. The van der Waals surface area contributed by atoms with E-state index in [1.165, 1.54) is 6.07 Å². The molecular formula is C13H18O6S. The first-order valence-corrected chi connectivity index (χ1v) is 7.56. The van der Waals surface area contributed by atoms with Crippen molar-refractivity contribution in [2.45, 2.75) is 31.4 Å². The van der Waals surface area contributed by atoms with Crippen molar-refractivity contribution in [2.24, 2.45) is 0 Å². The maximum Gasteiger partial charge on any atom is 0.327 e. The predicted molar refractivity (Wildman–Crippen MR) is 73.2 cm³/mol. The van der Waals surface area contributed by atoms with Crippen LogP contribution in [0.5, 0.6) is 5.75 Å². The number of hydrogen-bond acceptors (Lipinski definition) is 5. The van der Waals surface area contributed by atoms with E-state index in [4.69, 9.17) is 0 Å². The Balaban J connectivity index is 3.42. The lowest BCUT2D eigenvalue weighted by Crippen LogP contribution is -2.37. The van der Waals surface area contributed by atoms with E-state index in [2.05, 4.69) is 4.74 Å². The van der Waals surface area contributed by atoms with E-state index in [1.807, 2.05) is 0 Å². The van der Waals surface area contributed by atoms with Gasteiger partial charge in [-0.1, -0.05) is 19.1 Å². The van der Waals surface area contributed by atoms with Crippen molar-refractivity contribution >= 4 is 16.1 Å². The summed E-state index contributed by atoms with van der Waals surface area (Å²) in [5.41, 5.74) is 0.956. The Hall–Kier alpha value is -1.60. The maximum atomic E-state index is 11.7. The van der Waals surface area contributed by atoms with Gasteiger partial charge in [0, 0.05) is 5.92 Å². The molecule has 20 heavy (non-hydrogen) atoms. The van der Waals surface area contributed by atoms with E-state index in [9.17, 15) is 22.9 Å². The van der Waals surface area contributed by atoms with Gasteiger partial charge in [-0.3, -0.25) is 9.35 Å². The van der Waals surface area contributed by atoms with Gasteiger partial charge in [0.1, 0.15) is 5.75 Å². The number of esters is 1. The molecular weight excluding hydrogens is 284 g/mol. The van der Waals surface area contributed by atoms with E-state index >= 15 is 0 Å². The first kappa shape index (κ1) is 16.5. The molecule has 0 amide bonds. The lowest BCUT2D eigenvalue weighted by atomic mass is 9.89. The largest absolute Gasteiger partial charge is 0.508 e. The van der Waals surface area contributed by atoms with Crippen molar-refractivity contribution in [3.8, 4) is 5.75 Å². The molecule has 0 aliphatic carbocycles. The number of phenols is 1. The highest BCUT2D eigenvalue weighted by molar-refractivity contribution is 7.87. The molecule has 1 aromatic rings. The molecule has 0 heterocycles. The second-order valence-corrected chi connectivity index (χ2v) is 6.00. The monoisotopic (exact) mass is 302 g/mol. The van der Waals surface area contributed by atoms with Gasteiger partial charge in [0.2, 0.25) is 0 Å². The Bertz CT molecular complexity index is 593. The van der Waals surface area contributed by atoms with Crippen LogP contribution in [0.3, 0.4) is 0 Å². The molecule has 0 spiro atoms. The summed E-state index contributed by atoms with van der Waals surface area (Å²) in [5.74, 6) is -1.83. The number of aromatic hydroxyl groups is 1. The molecule has 1 rings (SSSR count). The quantitative estimate of drug-likeness (QED) is 0.633. The number of carbonyl (C=O) groups excluding carboxylic acids is 1. The van der Waals surface area contributed by atoms with Gasteiger partial charge in [0.25, 0.3) is 10.1 Å². The van der Waals surface area contributed by atoms with Crippen molar-refractivity contribution in [3.05, 3.63) is 29.3 Å². The first-order valence-electron chi connectivity index (χ1n) is 6.06. The molecule has 0 aliphatic rings. The molecule has 7 heteroatoms. The van der Waals surface area contributed by atoms with Crippen LogP contribution in [-0.4, -0.2) is 36.4 Å². The van der Waals surface area contributed by atoms with Gasteiger partial charge >= 0.3 is 5.97 Å². The summed E-state index contributed by atoms with van der Waals surface area (Å²) in [4.78, 5) is 11.7. The number of benzene rings is 1. The van der Waals surface area contributed by atoms with Crippen LogP contribution in [0.2, 0.25) is 0 Å².